The molecule has 1 aromatic rings. The van der Waals surface area contributed by atoms with E-state index in [1.54, 1.807) is 6.92 Å². The van der Waals surface area contributed by atoms with E-state index in [-0.39, 0.29) is 22.9 Å². The van der Waals surface area contributed by atoms with Gasteiger partial charge in [0.2, 0.25) is 0 Å². The molecule has 5 heteroatoms. The number of pyridine rings is 1. The Morgan fingerprint density at radius 1 is 1.42 bits per heavy atom. The van der Waals surface area contributed by atoms with Crippen LogP contribution in [0.2, 0.25) is 0 Å². The summed E-state index contributed by atoms with van der Waals surface area (Å²) in [5.74, 6) is -0.0160. The molecule has 0 fully saturated rings. The Morgan fingerprint density at radius 3 is 2.53 bits per heavy atom. The van der Waals surface area contributed by atoms with Crippen LogP contribution in [-0.2, 0) is 0 Å². The maximum atomic E-state index is 12.1. The van der Waals surface area contributed by atoms with Crippen LogP contribution >= 0.6 is 0 Å². The fourth-order valence-corrected chi connectivity index (χ4v) is 1.81. The molecule has 0 radical (unpaired) electrons. The molecule has 2 N–H and O–H groups in total. The van der Waals surface area contributed by atoms with Crippen molar-refractivity contribution in [1.82, 2.24) is 15.2 Å². The minimum atomic E-state index is -0.318. The highest BCUT2D eigenvalue weighted by Crippen LogP contribution is 2.04. The molecular weight excluding hydrogens is 242 g/mol. The van der Waals surface area contributed by atoms with E-state index in [0.717, 1.165) is 12.2 Å². The van der Waals surface area contributed by atoms with Gasteiger partial charge in [0.25, 0.3) is 5.91 Å². The first kappa shape index (κ1) is 15.4. The molecule has 1 aromatic heterocycles. The summed E-state index contributed by atoms with van der Waals surface area (Å²) >= 11 is 0. The Kier molecular flexibility index (Phi) is 5.30. The van der Waals surface area contributed by atoms with Crippen molar-refractivity contribution in [2.45, 2.75) is 26.8 Å². The van der Waals surface area contributed by atoms with Crippen LogP contribution in [-0.4, -0.2) is 42.5 Å². The first-order valence-corrected chi connectivity index (χ1v) is 6.46. The molecule has 0 saturated carbocycles. The highest BCUT2D eigenvalue weighted by molar-refractivity contribution is 5.94. The topological polar surface area (TPSA) is 65.2 Å². The first-order valence-electron chi connectivity index (χ1n) is 6.46. The summed E-state index contributed by atoms with van der Waals surface area (Å²) in [6.07, 6.45) is 1.47. The number of nitrogens with one attached hydrogen (secondary N) is 2. The van der Waals surface area contributed by atoms with E-state index >= 15 is 0 Å². The lowest BCUT2D eigenvalue weighted by Gasteiger charge is -2.25. The van der Waals surface area contributed by atoms with Gasteiger partial charge in [0, 0.05) is 30.5 Å². The van der Waals surface area contributed by atoms with Crippen LogP contribution < -0.4 is 10.7 Å². The minimum absolute atomic E-state index is 0.0169. The van der Waals surface area contributed by atoms with Gasteiger partial charge in [-0.05, 0) is 26.9 Å². The molecule has 1 unspecified atom stereocenters. The van der Waals surface area contributed by atoms with Crippen LogP contribution in [0.3, 0.4) is 0 Å². The lowest BCUT2D eigenvalue weighted by Crippen LogP contribution is -2.46. The lowest BCUT2D eigenvalue weighted by molar-refractivity contribution is 0.0915. The maximum Gasteiger partial charge on any atom is 0.257 e. The zero-order chi connectivity index (χ0) is 14.6. The molecule has 5 nitrogen and oxygen atoms in total. The number of aromatic amines is 1. The fourth-order valence-electron chi connectivity index (χ4n) is 1.81. The number of aryl methyl sites for hydroxylation is 1. The van der Waals surface area contributed by atoms with Crippen molar-refractivity contribution >= 4 is 5.91 Å². The van der Waals surface area contributed by atoms with Crippen molar-refractivity contribution in [3.05, 3.63) is 33.7 Å². The number of hydrogen-bond donors (Lipinski definition) is 2. The van der Waals surface area contributed by atoms with Gasteiger partial charge in [-0.2, -0.15) is 0 Å². The Morgan fingerprint density at radius 2 is 2.05 bits per heavy atom. The fraction of sp³-hybridized carbons (Fsp3) is 0.571. The highest BCUT2D eigenvalue weighted by atomic mass is 16.2. The van der Waals surface area contributed by atoms with Crippen LogP contribution in [0.25, 0.3) is 0 Å². The summed E-state index contributed by atoms with van der Waals surface area (Å²) in [6, 6.07) is 1.45. The van der Waals surface area contributed by atoms with Crippen LogP contribution in [0.1, 0.15) is 29.9 Å². The van der Waals surface area contributed by atoms with Crippen molar-refractivity contribution in [2.75, 3.05) is 20.6 Å². The van der Waals surface area contributed by atoms with Crippen molar-refractivity contribution in [3.63, 3.8) is 0 Å². The van der Waals surface area contributed by atoms with Crippen molar-refractivity contribution < 1.29 is 4.79 Å². The summed E-state index contributed by atoms with van der Waals surface area (Å²) in [5, 5.41) is 2.92. The van der Waals surface area contributed by atoms with E-state index in [1.165, 1.54) is 12.3 Å². The molecule has 1 amide bonds. The molecule has 1 heterocycles. The Hall–Kier alpha value is -1.62. The Labute approximate surface area is 114 Å². The van der Waals surface area contributed by atoms with Crippen LogP contribution in [0, 0.1) is 12.8 Å². The van der Waals surface area contributed by atoms with Gasteiger partial charge in [-0.1, -0.05) is 13.8 Å². The van der Waals surface area contributed by atoms with Crippen molar-refractivity contribution in [3.8, 4) is 0 Å². The van der Waals surface area contributed by atoms with Gasteiger partial charge in [-0.25, -0.2) is 0 Å². The van der Waals surface area contributed by atoms with E-state index < -0.39 is 0 Å². The second-order valence-corrected chi connectivity index (χ2v) is 5.48. The number of rotatable bonds is 5. The predicted molar refractivity (Wildman–Crippen MR) is 76.4 cm³/mol. The molecule has 0 bridgehead atoms. The average molecular weight is 265 g/mol. The zero-order valence-electron chi connectivity index (χ0n) is 12.3. The third-order valence-electron chi connectivity index (χ3n) is 2.98. The van der Waals surface area contributed by atoms with Crippen LogP contribution in [0.5, 0.6) is 0 Å². The third kappa shape index (κ3) is 4.52. The Balaban J connectivity index is 2.85. The van der Waals surface area contributed by atoms with Gasteiger partial charge in [-0.15, -0.1) is 0 Å². The number of carbonyl (C=O) groups is 1. The number of likely N-dealkylation sites (N-methyl/N-ethyl adjacent to an activating group) is 1. The second kappa shape index (κ2) is 6.52. The first-order chi connectivity index (χ1) is 8.81. The third-order valence-corrected chi connectivity index (χ3v) is 2.98. The molecule has 0 saturated heterocycles. The molecular formula is C14H23N3O2. The molecule has 0 aliphatic rings. The predicted octanol–water partition coefficient (Wildman–Crippen LogP) is 0.999. The zero-order valence-corrected chi connectivity index (χ0v) is 12.3. The van der Waals surface area contributed by atoms with E-state index in [4.69, 9.17) is 0 Å². The van der Waals surface area contributed by atoms with E-state index in [1.807, 2.05) is 32.8 Å². The number of hydrogen-bond acceptors (Lipinski definition) is 3. The normalized spacial score (nSPS) is 12.8. The molecule has 0 spiro atoms. The number of nitrogens with zero attached hydrogens (tertiary/aromatic N) is 1. The number of aromatic nitrogens is 1. The summed E-state index contributed by atoms with van der Waals surface area (Å²) in [4.78, 5) is 28.8. The molecule has 1 atom stereocenters. The van der Waals surface area contributed by atoms with Gasteiger partial charge < -0.3 is 15.2 Å². The smallest absolute Gasteiger partial charge is 0.257 e. The summed E-state index contributed by atoms with van der Waals surface area (Å²) in [7, 11) is 3.92. The summed E-state index contributed by atoms with van der Waals surface area (Å²) in [6.45, 7) is 6.63. The van der Waals surface area contributed by atoms with Crippen molar-refractivity contribution in [2.24, 2.45) is 5.92 Å². The Bertz CT molecular complexity index is 492. The quantitative estimate of drug-likeness (QED) is 0.834. The molecule has 1 rings (SSSR count). The van der Waals surface area contributed by atoms with E-state index in [0.29, 0.717) is 5.92 Å². The van der Waals surface area contributed by atoms with Crippen LogP contribution in [0.15, 0.2) is 17.1 Å². The number of H-pyrrole nitrogens is 1. The van der Waals surface area contributed by atoms with E-state index in [9.17, 15) is 9.59 Å². The second-order valence-electron chi connectivity index (χ2n) is 5.48. The SMILES string of the molecule is Cc1cc(=O)c(C(=O)NC(CN(C)C)C(C)C)c[nH]1. The van der Waals surface area contributed by atoms with E-state index in [2.05, 4.69) is 10.3 Å². The monoisotopic (exact) mass is 265 g/mol. The van der Waals surface area contributed by atoms with Gasteiger partial charge >= 0.3 is 0 Å². The standard InChI is InChI=1S/C14H23N3O2/c1-9(2)12(8-17(4)5)16-14(19)11-7-15-10(3)6-13(11)18/h6-7,9,12H,8H2,1-5H3,(H,15,18)(H,16,19). The maximum absolute atomic E-state index is 12.1. The summed E-state index contributed by atoms with van der Waals surface area (Å²) < 4.78 is 0. The van der Waals surface area contributed by atoms with Gasteiger partial charge in [-0.3, -0.25) is 9.59 Å². The van der Waals surface area contributed by atoms with Gasteiger partial charge in [0.15, 0.2) is 5.43 Å². The van der Waals surface area contributed by atoms with Gasteiger partial charge in [0.05, 0.1) is 0 Å². The highest BCUT2D eigenvalue weighted by Gasteiger charge is 2.19. The van der Waals surface area contributed by atoms with Gasteiger partial charge in [0.1, 0.15) is 5.56 Å². The molecule has 0 aromatic carbocycles. The molecule has 0 aliphatic carbocycles. The van der Waals surface area contributed by atoms with Crippen molar-refractivity contribution in [1.29, 1.82) is 0 Å². The number of amides is 1. The number of carbonyl (C=O) groups excluding carboxylic acids is 1. The largest absolute Gasteiger partial charge is 0.364 e. The summed E-state index contributed by atoms with van der Waals surface area (Å²) in [5.41, 5.74) is 0.659. The average Bonchev–Trinajstić information content (AvgIpc) is 2.26. The molecule has 0 aliphatic heterocycles. The minimum Gasteiger partial charge on any atom is -0.364 e. The van der Waals surface area contributed by atoms with Crippen LogP contribution in [0.4, 0.5) is 0 Å². The lowest BCUT2D eigenvalue weighted by atomic mass is 10.0. The molecule has 19 heavy (non-hydrogen) atoms. The molecule has 106 valence electrons.